The third-order valence-electron chi connectivity index (χ3n) is 25.1. The number of amides is 3. The number of unbranched alkanes of at least 4 members (excludes halogenated alkanes) is 2. The summed E-state index contributed by atoms with van der Waals surface area (Å²) in [5.74, 6) is -5.64. The number of carbonyl (C=O) groups is 3. The summed E-state index contributed by atoms with van der Waals surface area (Å²) in [4.78, 5) is 85.1. The van der Waals surface area contributed by atoms with Crippen LogP contribution in [-0.4, -0.2) is 104 Å². The van der Waals surface area contributed by atoms with Crippen molar-refractivity contribution in [1.82, 2.24) is 28.7 Å². The monoisotopic (exact) mass is 1550 g/mol. The van der Waals surface area contributed by atoms with Crippen LogP contribution in [0.5, 0.6) is 17.2 Å². The van der Waals surface area contributed by atoms with Crippen LogP contribution in [-0.2, 0) is 42.3 Å². The first kappa shape index (κ1) is 73.9. The summed E-state index contributed by atoms with van der Waals surface area (Å²) >= 11 is 0. The van der Waals surface area contributed by atoms with Gasteiger partial charge in [0.2, 0.25) is 16.3 Å². The zero-order valence-electron chi connectivity index (χ0n) is 62.4. The smallest absolute Gasteiger partial charge is 0.277 e. The van der Waals surface area contributed by atoms with Crippen molar-refractivity contribution in [2.75, 3.05) is 67.9 Å². The van der Waals surface area contributed by atoms with Crippen LogP contribution >= 0.6 is 0 Å². The van der Waals surface area contributed by atoms with Gasteiger partial charge in [0.05, 0.1) is 13.2 Å². The molecule has 24 heteroatoms. The highest BCUT2D eigenvalue weighted by Crippen LogP contribution is 2.60. The molecule has 586 valence electrons. The Labute approximate surface area is 653 Å². The summed E-state index contributed by atoms with van der Waals surface area (Å²) in [5, 5.41) is 16.8. The predicted molar refractivity (Wildman–Crippen MR) is 417 cm³/mol. The molecule has 0 bridgehead atoms. The van der Waals surface area contributed by atoms with Gasteiger partial charge in [-0.2, -0.15) is 0 Å². The van der Waals surface area contributed by atoms with E-state index in [9.17, 15) is 60.2 Å². The van der Waals surface area contributed by atoms with Crippen molar-refractivity contribution in [3.8, 4) is 17.2 Å². The lowest BCUT2D eigenvalue weighted by molar-refractivity contribution is 0.0633. The Bertz CT molecular complexity index is 5700. The average Bonchev–Trinajstić information content (AvgIpc) is 1.52. The van der Waals surface area contributed by atoms with Gasteiger partial charge in [-0.1, -0.05) is 119 Å². The zero-order valence-corrected chi connectivity index (χ0v) is 62.4. The van der Waals surface area contributed by atoms with Gasteiger partial charge in [0.1, 0.15) is 36.6 Å². The maximum atomic E-state index is 14.9. The number of aromatic hydroxyl groups is 1. The van der Waals surface area contributed by atoms with E-state index in [1.54, 1.807) is 41.1 Å². The minimum absolute atomic E-state index is 0. The summed E-state index contributed by atoms with van der Waals surface area (Å²) in [7, 11) is 0. The average molecular weight is 1550 g/mol. The molecule has 9 aromatic rings. The molecule has 0 radical (unpaired) electrons. The minimum atomic E-state index is -0.979. The summed E-state index contributed by atoms with van der Waals surface area (Å²) in [5.41, 5.74) is 8.12. The van der Waals surface area contributed by atoms with E-state index in [2.05, 4.69) is 18.2 Å². The highest BCUT2D eigenvalue weighted by Gasteiger charge is 2.61. The van der Waals surface area contributed by atoms with Crippen LogP contribution in [0.3, 0.4) is 0 Å². The van der Waals surface area contributed by atoms with Crippen molar-refractivity contribution < 1.29 is 55.3 Å². The molecule has 1 N–H and O–H groups in total. The SMILES string of the molecule is C.CCCCOc1c2n(ccc1=O)N(C13C(=Cc4cc(F)c(F)cc41)Cc1ccccc13)CN(CC1CC1)C2=O.CCCCOc1c2n(ccc1=O)N(C13C(=Cc4ccccc41)Cc1cc(F)c(F)cc13)CN(CC1CC1)C2=O.O=C1c2c(O)c(=O)ccn2N(C23c4ccccc4CC2Cc2cc(F)c(F)cc23)CN1CC1CC1. The molecular weight excluding hydrogens is 1470 g/mol. The van der Waals surface area contributed by atoms with Crippen molar-refractivity contribution >= 4 is 29.9 Å². The van der Waals surface area contributed by atoms with Crippen molar-refractivity contribution in [2.45, 2.75) is 128 Å². The molecule has 0 spiro atoms. The van der Waals surface area contributed by atoms with E-state index in [-0.39, 0.29) is 84.6 Å². The number of carbonyl (C=O) groups excluding carboxylic acids is 3. The van der Waals surface area contributed by atoms with Gasteiger partial charge in [0.15, 0.2) is 69.2 Å². The van der Waals surface area contributed by atoms with E-state index in [0.717, 1.165) is 114 Å². The maximum absolute atomic E-state index is 14.9. The first-order valence-corrected chi connectivity index (χ1v) is 39.3. The van der Waals surface area contributed by atoms with Crippen LogP contribution < -0.4 is 40.8 Å². The normalized spacial score (nSPS) is 21.8. The van der Waals surface area contributed by atoms with Gasteiger partial charge in [-0.05, 0) is 209 Å². The van der Waals surface area contributed by atoms with Gasteiger partial charge < -0.3 is 29.3 Å². The van der Waals surface area contributed by atoms with Gasteiger partial charge in [0, 0.05) is 62.3 Å². The highest BCUT2D eigenvalue weighted by atomic mass is 19.2. The second-order valence-corrected chi connectivity index (χ2v) is 32.2. The Hall–Kier alpha value is -11.6. The Morgan fingerprint density at radius 2 is 0.842 bits per heavy atom. The molecule has 4 atom stereocenters. The Morgan fingerprint density at radius 3 is 1.40 bits per heavy atom. The maximum Gasteiger partial charge on any atom is 0.277 e. The fraction of sp³-hybridized carbons (Fsp3) is 0.356. The molecule has 3 fully saturated rings. The van der Waals surface area contributed by atoms with E-state index in [4.69, 9.17) is 9.47 Å². The lowest BCUT2D eigenvalue weighted by Crippen LogP contribution is -2.63. The number of ether oxygens (including phenoxy) is 2. The number of benzene rings is 6. The van der Waals surface area contributed by atoms with Crippen LogP contribution in [0.1, 0.15) is 184 Å². The molecule has 3 aromatic heterocycles. The number of rotatable bonds is 17. The van der Waals surface area contributed by atoms with Crippen molar-refractivity contribution in [3.05, 3.63) is 307 Å². The van der Waals surface area contributed by atoms with Crippen LogP contribution in [0.25, 0.3) is 12.2 Å². The molecule has 9 aliphatic carbocycles. The molecule has 6 heterocycles. The minimum Gasteiger partial charge on any atom is -0.502 e. The van der Waals surface area contributed by atoms with Crippen LogP contribution in [0.2, 0.25) is 0 Å². The van der Waals surface area contributed by atoms with Crippen LogP contribution in [0, 0.1) is 58.6 Å². The Morgan fingerprint density at radius 1 is 0.421 bits per heavy atom. The summed E-state index contributed by atoms with van der Waals surface area (Å²) in [6.07, 6.45) is 20.6. The van der Waals surface area contributed by atoms with Gasteiger partial charge >= 0.3 is 0 Å². The second-order valence-electron chi connectivity index (χ2n) is 32.2. The number of halogens is 6. The molecule has 6 aromatic carbocycles. The molecule has 3 saturated carbocycles. The summed E-state index contributed by atoms with van der Waals surface area (Å²) < 4.78 is 105. The molecule has 18 nitrogen and oxygen atoms in total. The largest absolute Gasteiger partial charge is 0.502 e. The molecule has 3 aliphatic heterocycles. The second kappa shape index (κ2) is 27.9. The first-order valence-electron chi connectivity index (χ1n) is 39.3. The third-order valence-corrected chi connectivity index (χ3v) is 25.1. The van der Waals surface area contributed by atoms with E-state index < -0.39 is 68.6 Å². The summed E-state index contributed by atoms with van der Waals surface area (Å²) in [6.45, 7) is 7.01. The molecule has 4 unspecified atom stereocenters. The number of aromatic nitrogens is 3. The topological polar surface area (TPSA) is 175 Å². The number of hydrogen-bond acceptors (Lipinski definition) is 12. The molecule has 114 heavy (non-hydrogen) atoms. The number of pyridine rings is 3. The Kier molecular flexibility index (Phi) is 18.1. The van der Waals surface area contributed by atoms with Crippen molar-refractivity contribution in [2.24, 2.45) is 23.7 Å². The number of hydrogen-bond donors (Lipinski definition) is 1. The van der Waals surface area contributed by atoms with E-state index in [1.807, 2.05) is 95.6 Å². The molecule has 0 saturated heterocycles. The number of fused-ring (bicyclic) bond motifs is 18. The highest BCUT2D eigenvalue weighted by molar-refractivity contribution is 5.98. The quantitative estimate of drug-likeness (QED) is 0.0676. The first-order chi connectivity index (χ1) is 54.7. The number of nitrogens with zero attached hydrogens (tertiary/aromatic N) is 9. The standard InChI is InChI=1S/2C31H29F2N3O3.C27H23F2N3O3.CH4/c2*1-2-3-12-39-29-27(37)10-11-35-28(29)30(38)34(17-19-8-9-19)18-36(35)31-22(13-20-6-4-5-7-23(20)31)14-21-15-25(32)26(33)16-24(21)31;28-21-11-17-10-18-9-16-3-1-2-4-19(16)27(18,20(17)12-22(21)29)32-14-30(13-15-5-6-15)26(35)24-25(34)23(33)7-8-31(24)32;/h4-7,10-11,14-16,19H,2-3,8-9,12-13,17-18H2,1H3;4-7,10-11,13,15-16,19H,2-3,8-9,12,14,17-18H2,1H3;1-4,7-8,11-12,15,18,34H,5-6,9-10,13-14H2;1H4. The van der Waals surface area contributed by atoms with E-state index >= 15 is 0 Å². The molecule has 3 amide bonds. The summed E-state index contributed by atoms with van der Waals surface area (Å²) in [6, 6.07) is 35.7. The van der Waals surface area contributed by atoms with Crippen molar-refractivity contribution in [3.63, 3.8) is 0 Å². The fourth-order valence-electron chi connectivity index (χ4n) is 19.5. The zero-order chi connectivity index (χ0) is 77.8. The Balaban J connectivity index is 0.000000119. The predicted octanol–water partition coefficient (Wildman–Crippen LogP) is 13.8. The fourth-order valence-corrected chi connectivity index (χ4v) is 19.5. The van der Waals surface area contributed by atoms with Gasteiger partial charge in [-0.15, -0.1) is 0 Å². The van der Waals surface area contributed by atoms with Gasteiger partial charge in [-0.25, -0.2) is 26.3 Å². The van der Waals surface area contributed by atoms with Crippen molar-refractivity contribution in [1.29, 1.82) is 0 Å². The van der Waals surface area contributed by atoms with Crippen LogP contribution in [0.4, 0.5) is 26.3 Å². The lowest BCUT2D eigenvalue weighted by atomic mass is 9.81. The lowest BCUT2D eigenvalue weighted by Gasteiger charge is -2.50. The van der Waals surface area contributed by atoms with E-state index in [1.165, 1.54) is 60.8 Å². The molecule has 12 aliphatic rings. The molecule has 21 rings (SSSR count). The third kappa shape index (κ3) is 11.4. The van der Waals surface area contributed by atoms with Gasteiger partial charge in [-0.3, -0.25) is 57.8 Å². The van der Waals surface area contributed by atoms with Gasteiger partial charge in [0.25, 0.3) is 17.7 Å². The van der Waals surface area contributed by atoms with Crippen LogP contribution in [0.15, 0.2) is 172 Å². The molecular formula is C90H85F6N9O9. The van der Waals surface area contributed by atoms with E-state index in [0.29, 0.717) is 104 Å².